The molecule has 4 heteroatoms. The summed E-state index contributed by atoms with van der Waals surface area (Å²) < 4.78 is 0. The van der Waals surface area contributed by atoms with Gasteiger partial charge in [-0.05, 0) is 5.56 Å². The van der Waals surface area contributed by atoms with Crippen molar-refractivity contribution in [2.75, 3.05) is 0 Å². The molecule has 0 aromatic heterocycles. The Hall–Kier alpha value is -2.75. The van der Waals surface area contributed by atoms with Crippen LogP contribution in [0.2, 0.25) is 0 Å². The van der Waals surface area contributed by atoms with Gasteiger partial charge in [0, 0.05) is 18.1 Å². The number of fused-ring (bicyclic) bond motifs is 1. The molecule has 0 atom stereocenters. The lowest BCUT2D eigenvalue weighted by Gasteiger charge is -2.14. The highest BCUT2D eigenvalue weighted by Gasteiger charge is 2.28. The van der Waals surface area contributed by atoms with E-state index in [1.807, 2.05) is 6.07 Å². The summed E-state index contributed by atoms with van der Waals surface area (Å²) in [5, 5.41) is 8.73. The minimum absolute atomic E-state index is 0.0264. The Morgan fingerprint density at radius 1 is 1.00 bits per heavy atom. The van der Waals surface area contributed by atoms with E-state index in [0.717, 1.165) is 0 Å². The molecule has 100 valence electrons. The Kier molecular flexibility index (Phi) is 4.05. The molecule has 20 heavy (non-hydrogen) atoms. The van der Waals surface area contributed by atoms with Crippen molar-refractivity contribution in [3.63, 3.8) is 0 Å². The fourth-order valence-corrected chi connectivity index (χ4v) is 1.96. The van der Waals surface area contributed by atoms with Gasteiger partial charge >= 0.3 is 5.97 Å². The topological polar surface area (TPSA) is 71.4 Å². The van der Waals surface area contributed by atoms with Crippen LogP contribution >= 0.6 is 0 Å². The minimum Gasteiger partial charge on any atom is -0.478 e. The number of hydrogen-bond acceptors (Lipinski definition) is 3. The van der Waals surface area contributed by atoms with Gasteiger partial charge < -0.3 is 5.11 Å². The lowest BCUT2D eigenvalue weighted by atomic mass is 9.86. The third kappa shape index (κ3) is 2.98. The summed E-state index contributed by atoms with van der Waals surface area (Å²) in [6.07, 6.45) is 0.708. The van der Waals surface area contributed by atoms with Crippen LogP contribution in [0.25, 0.3) is 0 Å². The molecule has 0 fully saturated rings. The standard InChI is InChI=1S/C16H12O4/c17-14-9-11-7-5-3-1-2-4-6-8-12(11)16(20)13(14)10-15(18)19/h1-8,10H,9H2,(H,18,19)/b2-1?,3-1?,4-2?,5-3?,6-4?,7-5?,8-6?,11-7?,12-8?,13-10+. The van der Waals surface area contributed by atoms with Crippen LogP contribution in [0.3, 0.4) is 0 Å². The first kappa shape index (κ1) is 13.7. The Morgan fingerprint density at radius 3 is 2.25 bits per heavy atom. The summed E-state index contributed by atoms with van der Waals surface area (Å²) in [5.74, 6) is -2.31. The van der Waals surface area contributed by atoms with Crippen molar-refractivity contribution in [1.29, 1.82) is 0 Å². The molecule has 4 nitrogen and oxygen atoms in total. The van der Waals surface area contributed by atoms with Crippen LogP contribution in [0.4, 0.5) is 0 Å². The van der Waals surface area contributed by atoms with E-state index < -0.39 is 17.5 Å². The van der Waals surface area contributed by atoms with Crippen LogP contribution in [-0.4, -0.2) is 22.6 Å². The summed E-state index contributed by atoms with van der Waals surface area (Å²) in [6, 6.07) is 13.9. The van der Waals surface area contributed by atoms with Crippen molar-refractivity contribution < 1.29 is 19.5 Å². The van der Waals surface area contributed by atoms with Crippen molar-refractivity contribution in [3.8, 4) is 0 Å². The first-order chi connectivity index (χ1) is 9.59. The number of rotatable bonds is 1. The number of ketones is 2. The normalized spacial score (nSPS) is 15.5. The lowest BCUT2D eigenvalue weighted by Crippen LogP contribution is -2.23. The quantitative estimate of drug-likeness (QED) is 0.625. The van der Waals surface area contributed by atoms with Gasteiger partial charge in [0.1, 0.15) is 0 Å². The maximum absolute atomic E-state index is 12.2. The molecule has 1 aromatic rings. The summed E-state index contributed by atoms with van der Waals surface area (Å²) in [5.41, 5.74) is 0.679. The van der Waals surface area contributed by atoms with Gasteiger partial charge in [-0.2, -0.15) is 0 Å². The minimum atomic E-state index is -1.30. The highest BCUT2D eigenvalue weighted by molar-refractivity contribution is 6.31. The van der Waals surface area contributed by atoms with Crippen LogP contribution in [0.5, 0.6) is 0 Å². The molecule has 1 aliphatic rings. The van der Waals surface area contributed by atoms with Crippen molar-refractivity contribution in [2.24, 2.45) is 0 Å². The Morgan fingerprint density at radius 2 is 1.60 bits per heavy atom. The molecular formula is C16H12O4. The molecule has 1 aromatic carbocycles. The van der Waals surface area contributed by atoms with E-state index in [2.05, 4.69) is 0 Å². The number of hydrogen-bond donors (Lipinski definition) is 1. The SMILES string of the molecule is O=C(O)/C=C1\C(=O)Cc2ccccccccc2C1=O. The molecule has 1 N–H and O–H groups in total. The predicted molar refractivity (Wildman–Crippen MR) is 72.8 cm³/mol. The number of aliphatic carboxylic acids is 1. The van der Waals surface area contributed by atoms with Crippen molar-refractivity contribution in [1.82, 2.24) is 0 Å². The van der Waals surface area contributed by atoms with E-state index in [0.29, 0.717) is 17.2 Å². The average Bonchev–Trinajstić information content (AvgIpc) is 2.40. The van der Waals surface area contributed by atoms with Crippen molar-refractivity contribution in [2.45, 2.75) is 6.42 Å². The molecule has 0 unspecified atom stereocenters. The average molecular weight is 268 g/mol. The van der Waals surface area contributed by atoms with Crippen LogP contribution in [0.15, 0.2) is 60.2 Å². The van der Waals surface area contributed by atoms with Gasteiger partial charge in [-0.3, -0.25) is 9.59 Å². The van der Waals surface area contributed by atoms with Gasteiger partial charge in [-0.25, -0.2) is 4.79 Å². The third-order valence-corrected chi connectivity index (χ3v) is 2.87. The number of allylic oxidation sites excluding steroid dienone is 1. The zero-order chi connectivity index (χ0) is 14.5. The Balaban J connectivity index is 2.64. The molecule has 1 aliphatic carbocycles. The molecule has 0 saturated carbocycles. The van der Waals surface area contributed by atoms with Gasteiger partial charge in [-0.15, -0.1) is 0 Å². The monoisotopic (exact) mass is 268 g/mol. The van der Waals surface area contributed by atoms with Gasteiger partial charge in [0.25, 0.3) is 0 Å². The van der Waals surface area contributed by atoms with E-state index in [1.54, 1.807) is 42.5 Å². The van der Waals surface area contributed by atoms with Crippen molar-refractivity contribution in [3.05, 3.63) is 71.3 Å². The summed E-state index contributed by atoms with van der Waals surface area (Å²) >= 11 is 0. The first-order valence-corrected chi connectivity index (χ1v) is 6.03. The molecule has 0 aliphatic heterocycles. The maximum atomic E-state index is 12.2. The molecule has 2 rings (SSSR count). The lowest BCUT2D eigenvalue weighted by molar-refractivity contribution is -0.131. The molecule has 0 saturated heterocycles. The molecule has 0 spiro atoms. The van der Waals surface area contributed by atoms with E-state index in [4.69, 9.17) is 5.11 Å². The van der Waals surface area contributed by atoms with E-state index >= 15 is 0 Å². The van der Waals surface area contributed by atoms with Crippen LogP contribution in [0, 0.1) is 0 Å². The predicted octanol–water partition coefficient (Wildman–Crippen LogP) is 2.13. The molecule has 0 heterocycles. The summed E-state index contributed by atoms with van der Waals surface area (Å²) in [6.45, 7) is 0. The largest absolute Gasteiger partial charge is 0.478 e. The first-order valence-electron chi connectivity index (χ1n) is 6.03. The highest BCUT2D eigenvalue weighted by atomic mass is 16.4. The van der Waals surface area contributed by atoms with E-state index in [9.17, 15) is 14.4 Å². The van der Waals surface area contributed by atoms with Gasteiger partial charge in [0.15, 0.2) is 11.6 Å². The number of Topliss-reactive ketones (excluding diaryl/α,β-unsaturated/α-hetero) is 2. The summed E-state index contributed by atoms with van der Waals surface area (Å²) in [7, 11) is 0. The van der Waals surface area contributed by atoms with Crippen LogP contribution in [-0.2, 0) is 16.0 Å². The Labute approximate surface area is 115 Å². The fraction of sp³-hybridized carbons (Fsp3) is 0.0625. The Bertz CT molecular complexity index is 670. The van der Waals surface area contributed by atoms with Crippen molar-refractivity contribution >= 4 is 17.5 Å². The van der Waals surface area contributed by atoms with Gasteiger partial charge in [0.05, 0.1) is 5.57 Å². The molecule has 0 bridgehead atoms. The zero-order valence-corrected chi connectivity index (χ0v) is 10.6. The number of carboxylic acid groups (broad SMARTS) is 1. The number of carbonyl (C=O) groups excluding carboxylic acids is 2. The van der Waals surface area contributed by atoms with E-state index in [1.165, 1.54) is 0 Å². The summed E-state index contributed by atoms with van der Waals surface area (Å²) in [4.78, 5) is 34.8. The van der Waals surface area contributed by atoms with Gasteiger partial charge in [-0.1, -0.05) is 48.5 Å². The number of carboxylic acids is 1. The second-order valence-electron chi connectivity index (χ2n) is 4.25. The van der Waals surface area contributed by atoms with Crippen LogP contribution in [0.1, 0.15) is 15.9 Å². The smallest absolute Gasteiger partial charge is 0.329 e. The second kappa shape index (κ2) is 5.93. The molecule has 0 radical (unpaired) electrons. The third-order valence-electron chi connectivity index (χ3n) is 2.87. The maximum Gasteiger partial charge on any atom is 0.329 e. The highest BCUT2D eigenvalue weighted by Crippen LogP contribution is 2.21. The van der Waals surface area contributed by atoms with E-state index in [-0.39, 0.29) is 12.0 Å². The van der Waals surface area contributed by atoms with Crippen LogP contribution < -0.4 is 0 Å². The fourth-order valence-electron chi connectivity index (χ4n) is 1.96. The second-order valence-corrected chi connectivity index (χ2v) is 4.25. The van der Waals surface area contributed by atoms with Gasteiger partial charge in [0.2, 0.25) is 0 Å². The molecule has 0 amide bonds. The molecular weight excluding hydrogens is 256 g/mol. The number of carbonyl (C=O) groups is 3. The zero-order valence-electron chi connectivity index (χ0n) is 10.6.